The SMILES string of the molecule is CC1Oc2ccc(Cl)cc2N(CC(O)CO)C1=O. The van der Waals surface area contributed by atoms with Crippen LogP contribution in [-0.4, -0.2) is 41.5 Å². The molecule has 0 radical (unpaired) electrons. The number of fused-ring (bicyclic) bond motifs is 1. The van der Waals surface area contributed by atoms with Gasteiger partial charge in [-0.1, -0.05) is 11.6 Å². The van der Waals surface area contributed by atoms with E-state index in [4.69, 9.17) is 21.4 Å². The minimum atomic E-state index is -0.994. The van der Waals surface area contributed by atoms with Crippen molar-refractivity contribution >= 4 is 23.2 Å². The minimum Gasteiger partial charge on any atom is -0.479 e. The van der Waals surface area contributed by atoms with Crippen molar-refractivity contribution in [2.45, 2.75) is 19.1 Å². The number of halogens is 1. The van der Waals surface area contributed by atoms with Crippen LogP contribution in [0.1, 0.15) is 6.92 Å². The predicted octanol–water partition coefficient (Wildman–Crippen LogP) is 0.807. The van der Waals surface area contributed by atoms with Crippen molar-refractivity contribution in [2.24, 2.45) is 0 Å². The zero-order valence-corrected chi connectivity index (χ0v) is 10.6. The largest absolute Gasteiger partial charge is 0.479 e. The van der Waals surface area contributed by atoms with E-state index < -0.39 is 18.8 Å². The zero-order chi connectivity index (χ0) is 13.3. The topological polar surface area (TPSA) is 70.0 Å². The van der Waals surface area contributed by atoms with Crippen molar-refractivity contribution in [1.82, 2.24) is 0 Å². The van der Waals surface area contributed by atoms with Crippen molar-refractivity contribution in [3.05, 3.63) is 23.2 Å². The van der Waals surface area contributed by atoms with Crippen molar-refractivity contribution in [3.63, 3.8) is 0 Å². The highest BCUT2D eigenvalue weighted by Gasteiger charge is 2.32. The van der Waals surface area contributed by atoms with Crippen LogP contribution in [-0.2, 0) is 4.79 Å². The molecule has 18 heavy (non-hydrogen) atoms. The first-order chi connectivity index (χ1) is 8.52. The van der Waals surface area contributed by atoms with E-state index >= 15 is 0 Å². The summed E-state index contributed by atoms with van der Waals surface area (Å²) in [6, 6.07) is 4.95. The number of ether oxygens (including phenoxy) is 1. The number of nitrogens with zero attached hydrogens (tertiary/aromatic N) is 1. The van der Waals surface area contributed by atoms with E-state index in [1.165, 1.54) is 4.90 Å². The molecule has 0 fully saturated rings. The third kappa shape index (κ3) is 2.43. The fraction of sp³-hybridized carbons (Fsp3) is 0.417. The summed E-state index contributed by atoms with van der Waals surface area (Å²) >= 11 is 5.89. The van der Waals surface area contributed by atoms with Gasteiger partial charge in [0.15, 0.2) is 6.10 Å². The molecular formula is C12H14ClNO4. The Morgan fingerprint density at radius 3 is 2.94 bits per heavy atom. The molecule has 1 aliphatic rings. The maximum Gasteiger partial charge on any atom is 0.267 e. The van der Waals surface area contributed by atoms with E-state index in [0.29, 0.717) is 16.5 Å². The van der Waals surface area contributed by atoms with Crippen LogP contribution in [0.4, 0.5) is 5.69 Å². The van der Waals surface area contributed by atoms with Gasteiger partial charge < -0.3 is 19.8 Å². The molecule has 0 aromatic heterocycles. The van der Waals surface area contributed by atoms with Crippen molar-refractivity contribution in [2.75, 3.05) is 18.1 Å². The van der Waals surface area contributed by atoms with E-state index in [1.807, 2.05) is 0 Å². The van der Waals surface area contributed by atoms with Gasteiger partial charge in [-0.3, -0.25) is 4.79 Å². The molecule has 5 nitrogen and oxygen atoms in total. The highest BCUT2D eigenvalue weighted by Crippen LogP contribution is 2.36. The maximum absolute atomic E-state index is 12.0. The lowest BCUT2D eigenvalue weighted by molar-refractivity contribution is -0.126. The number of aliphatic hydroxyl groups excluding tert-OH is 2. The Labute approximate surface area is 110 Å². The van der Waals surface area contributed by atoms with E-state index in [-0.39, 0.29) is 12.5 Å². The highest BCUT2D eigenvalue weighted by molar-refractivity contribution is 6.31. The van der Waals surface area contributed by atoms with Gasteiger partial charge >= 0.3 is 0 Å². The van der Waals surface area contributed by atoms with Gasteiger partial charge in [0.25, 0.3) is 5.91 Å². The van der Waals surface area contributed by atoms with E-state index in [9.17, 15) is 9.90 Å². The molecular weight excluding hydrogens is 258 g/mol. The van der Waals surface area contributed by atoms with Gasteiger partial charge in [0, 0.05) is 5.02 Å². The van der Waals surface area contributed by atoms with Gasteiger partial charge in [0.2, 0.25) is 0 Å². The molecule has 2 rings (SSSR count). The Balaban J connectivity index is 2.37. The Bertz CT molecular complexity index is 465. The number of benzene rings is 1. The predicted molar refractivity (Wildman–Crippen MR) is 67.0 cm³/mol. The van der Waals surface area contributed by atoms with Crippen molar-refractivity contribution < 1.29 is 19.7 Å². The molecule has 2 atom stereocenters. The van der Waals surface area contributed by atoms with Crippen LogP contribution in [0.3, 0.4) is 0 Å². The lowest BCUT2D eigenvalue weighted by Crippen LogP contribution is -2.48. The van der Waals surface area contributed by atoms with Crippen LogP contribution in [0.2, 0.25) is 5.02 Å². The molecule has 6 heteroatoms. The lowest BCUT2D eigenvalue weighted by Gasteiger charge is -2.34. The first-order valence-corrected chi connectivity index (χ1v) is 5.97. The first kappa shape index (κ1) is 13.1. The monoisotopic (exact) mass is 271 g/mol. The summed E-state index contributed by atoms with van der Waals surface area (Å²) in [6.07, 6.45) is -1.62. The second kappa shape index (κ2) is 5.14. The van der Waals surface area contributed by atoms with Crippen LogP contribution in [0.5, 0.6) is 5.75 Å². The van der Waals surface area contributed by atoms with Crippen molar-refractivity contribution in [1.29, 1.82) is 0 Å². The Hall–Kier alpha value is -1.30. The summed E-state index contributed by atoms with van der Waals surface area (Å²) in [4.78, 5) is 13.4. The standard InChI is InChI=1S/C12H14ClNO4/c1-7-12(17)14(5-9(16)6-15)10-4-8(13)2-3-11(10)18-7/h2-4,7,9,15-16H,5-6H2,1H3. The summed E-state index contributed by atoms with van der Waals surface area (Å²) in [5.74, 6) is 0.272. The molecule has 1 aromatic carbocycles. The van der Waals surface area contributed by atoms with Gasteiger partial charge in [-0.25, -0.2) is 0 Å². The fourth-order valence-corrected chi connectivity index (χ4v) is 2.00. The molecule has 1 heterocycles. The second-order valence-electron chi connectivity index (χ2n) is 4.16. The van der Waals surface area contributed by atoms with Gasteiger partial charge in [-0.05, 0) is 25.1 Å². The average molecular weight is 272 g/mol. The summed E-state index contributed by atoms with van der Waals surface area (Å²) in [6.45, 7) is 1.24. The van der Waals surface area contributed by atoms with Gasteiger partial charge in [-0.15, -0.1) is 0 Å². The molecule has 1 amide bonds. The van der Waals surface area contributed by atoms with Gasteiger partial charge in [-0.2, -0.15) is 0 Å². The first-order valence-electron chi connectivity index (χ1n) is 5.59. The number of aliphatic hydroxyl groups is 2. The normalized spacial score (nSPS) is 20.3. The number of rotatable bonds is 3. The summed E-state index contributed by atoms with van der Waals surface area (Å²) in [5, 5.41) is 18.8. The van der Waals surface area contributed by atoms with E-state index in [2.05, 4.69) is 0 Å². The second-order valence-corrected chi connectivity index (χ2v) is 4.59. The Morgan fingerprint density at radius 2 is 2.28 bits per heavy atom. The van der Waals surface area contributed by atoms with Crippen LogP contribution >= 0.6 is 11.6 Å². The molecule has 0 bridgehead atoms. The third-order valence-corrected chi connectivity index (χ3v) is 2.97. The van der Waals surface area contributed by atoms with Crippen LogP contribution in [0.15, 0.2) is 18.2 Å². The lowest BCUT2D eigenvalue weighted by atomic mass is 10.1. The maximum atomic E-state index is 12.0. The molecule has 0 aliphatic carbocycles. The van der Waals surface area contributed by atoms with Crippen LogP contribution < -0.4 is 9.64 Å². The summed E-state index contributed by atoms with van der Waals surface area (Å²) in [7, 11) is 0. The average Bonchev–Trinajstić information content (AvgIpc) is 2.35. The van der Waals surface area contributed by atoms with Gasteiger partial charge in [0.1, 0.15) is 5.75 Å². The molecule has 2 unspecified atom stereocenters. The molecule has 98 valence electrons. The molecule has 0 spiro atoms. The molecule has 0 saturated carbocycles. The zero-order valence-electron chi connectivity index (χ0n) is 9.84. The van der Waals surface area contributed by atoms with E-state index in [0.717, 1.165) is 0 Å². The number of anilines is 1. The molecule has 0 saturated heterocycles. The van der Waals surface area contributed by atoms with Crippen molar-refractivity contribution in [3.8, 4) is 5.75 Å². The summed E-state index contributed by atoms with van der Waals surface area (Å²) in [5.41, 5.74) is 0.512. The molecule has 1 aromatic rings. The van der Waals surface area contributed by atoms with E-state index in [1.54, 1.807) is 25.1 Å². The number of amides is 1. The Kier molecular flexibility index (Phi) is 3.75. The fourth-order valence-electron chi connectivity index (χ4n) is 1.84. The highest BCUT2D eigenvalue weighted by atomic mass is 35.5. The van der Waals surface area contributed by atoms with Gasteiger partial charge in [0.05, 0.1) is 24.9 Å². The third-order valence-electron chi connectivity index (χ3n) is 2.73. The summed E-state index contributed by atoms with van der Waals surface area (Å²) < 4.78 is 5.45. The molecule has 2 N–H and O–H groups in total. The number of hydrogen-bond donors (Lipinski definition) is 2. The smallest absolute Gasteiger partial charge is 0.267 e. The van der Waals surface area contributed by atoms with Crippen LogP contribution in [0, 0.1) is 0 Å². The van der Waals surface area contributed by atoms with Crippen LogP contribution in [0.25, 0.3) is 0 Å². The number of hydrogen-bond acceptors (Lipinski definition) is 4. The quantitative estimate of drug-likeness (QED) is 0.853. The molecule has 1 aliphatic heterocycles. The number of carbonyl (C=O) groups excluding carboxylic acids is 1. The number of carbonyl (C=O) groups is 1. The minimum absolute atomic E-state index is 0.0103. The number of β-amino-alcohol motifs (C(OH)–C–C–N with tert-alkyl or cyclic N) is 1. The Morgan fingerprint density at radius 1 is 1.56 bits per heavy atom.